The largest absolute Gasteiger partial charge is 0.457 e. The van der Waals surface area contributed by atoms with Gasteiger partial charge in [0.05, 0.1) is 12.1 Å². The molecule has 5 aromatic rings. The lowest BCUT2D eigenvalue weighted by atomic mass is 10.1. The molecule has 2 aliphatic heterocycles. The molecule has 12 heteroatoms. The van der Waals surface area contributed by atoms with Crippen LogP contribution in [0, 0.1) is 0 Å². The van der Waals surface area contributed by atoms with E-state index in [1.54, 1.807) is 11.8 Å². The Labute approximate surface area is 414 Å². The van der Waals surface area contributed by atoms with E-state index in [4.69, 9.17) is 18.9 Å². The quantitative estimate of drug-likeness (QED) is 0.0418. The second-order valence-electron chi connectivity index (χ2n) is 19.1. The summed E-state index contributed by atoms with van der Waals surface area (Å²) in [4.78, 5) is 63.3. The van der Waals surface area contributed by atoms with E-state index in [0.717, 1.165) is 64.3 Å². The number of hydrogen-bond acceptors (Lipinski definition) is 9. The van der Waals surface area contributed by atoms with Crippen LogP contribution in [0.15, 0.2) is 163 Å². The Bertz CT molecular complexity index is 2450. The van der Waals surface area contributed by atoms with Crippen molar-refractivity contribution < 1.29 is 42.9 Å². The minimum absolute atomic E-state index is 0.126. The fraction of sp³-hybridized carbons (Fsp3) is 0.345. The molecule has 2 aliphatic rings. The monoisotopic (exact) mass is 968 g/mol. The number of nitrogens with zero attached hydrogens (tertiary/aromatic N) is 2. The van der Waals surface area contributed by atoms with Gasteiger partial charge in [0.25, 0.3) is 0 Å². The molecule has 0 spiro atoms. The molecule has 7 rings (SSSR count). The minimum Gasteiger partial charge on any atom is -0.457 e. The highest BCUT2D eigenvalue weighted by molar-refractivity contribution is 7.96. The van der Waals surface area contributed by atoms with Crippen molar-refractivity contribution in [2.75, 3.05) is 13.1 Å². The van der Waals surface area contributed by atoms with Gasteiger partial charge < -0.3 is 28.6 Å². The van der Waals surface area contributed by atoms with Crippen molar-refractivity contribution >= 4 is 58.5 Å². The van der Waals surface area contributed by atoms with Crippen molar-refractivity contribution in [3.8, 4) is 0 Å². The SMILES string of the molecule is C/C(=C\[C@@H]1CCCN1C(=O)OC(C)(C)C)C(=O)OCc1ccccc1.CC(C(=O)OCc1ccccc1)=P(c1ccccc1)(c1ccccc1)c1ccccc1.CC(C)(C)OC(=O)N1CCC[C@H]1C=O. The van der Waals surface area contributed by atoms with Crippen molar-refractivity contribution in [1.82, 2.24) is 9.80 Å². The Kier molecular flexibility index (Phi) is 20.0. The molecular formula is C58H69N2O9P. The molecule has 0 unspecified atom stereocenters. The summed E-state index contributed by atoms with van der Waals surface area (Å²) in [5, 5.41) is 4.16. The zero-order chi connectivity index (χ0) is 50.7. The van der Waals surface area contributed by atoms with E-state index in [0.29, 0.717) is 18.7 Å². The maximum absolute atomic E-state index is 13.5. The topological polar surface area (TPSA) is 129 Å². The van der Waals surface area contributed by atoms with Crippen molar-refractivity contribution in [3.63, 3.8) is 0 Å². The van der Waals surface area contributed by atoms with Gasteiger partial charge in [-0.2, -0.15) is 0 Å². The summed E-state index contributed by atoms with van der Waals surface area (Å²) < 4.78 is 21.8. The molecular weight excluding hydrogens is 900 g/mol. The lowest BCUT2D eigenvalue weighted by Gasteiger charge is -2.31. The third kappa shape index (κ3) is 15.7. The molecule has 370 valence electrons. The first-order valence-electron chi connectivity index (χ1n) is 23.9. The van der Waals surface area contributed by atoms with Crippen LogP contribution >= 0.6 is 6.89 Å². The summed E-state index contributed by atoms with van der Waals surface area (Å²) in [6, 6.07) is 50.0. The van der Waals surface area contributed by atoms with E-state index in [2.05, 4.69) is 36.4 Å². The number of benzene rings is 5. The van der Waals surface area contributed by atoms with Crippen LogP contribution < -0.4 is 15.9 Å². The van der Waals surface area contributed by atoms with Crippen LogP contribution in [-0.4, -0.2) is 81.9 Å². The highest BCUT2D eigenvalue weighted by Gasteiger charge is 2.34. The summed E-state index contributed by atoms with van der Waals surface area (Å²) in [7, 11) is 0. The Hall–Kier alpha value is -6.71. The number of carbonyl (C=O) groups excluding carboxylic acids is 5. The van der Waals surface area contributed by atoms with E-state index in [-0.39, 0.29) is 49.4 Å². The smallest absolute Gasteiger partial charge is 0.410 e. The molecule has 0 saturated carbocycles. The molecule has 0 aliphatic carbocycles. The zero-order valence-electron chi connectivity index (χ0n) is 41.9. The van der Waals surface area contributed by atoms with Gasteiger partial charge in [0.2, 0.25) is 0 Å². The molecule has 0 radical (unpaired) electrons. The van der Waals surface area contributed by atoms with Gasteiger partial charge in [-0.1, -0.05) is 158 Å². The molecule has 2 heterocycles. The second-order valence-corrected chi connectivity index (χ2v) is 22.7. The molecule has 2 amide bonds. The van der Waals surface area contributed by atoms with E-state index in [1.165, 1.54) is 4.90 Å². The van der Waals surface area contributed by atoms with Crippen LogP contribution in [0.3, 0.4) is 0 Å². The van der Waals surface area contributed by atoms with E-state index >= 15 is 0 Å². The average Bonchev–Trinajstić information content (AvgIpc) is 4.04. The molecule has 0 aromatic heterocycles. The fourth-order valence-electron chi connectivity index (χ4n) is 8.14. The van der Waals surface area contributed by atoms with Crippen molar-refractivity contribution in [1.29, 1.82) is 0 Å². The van der Waals surface area contributed by atoms with Gasteiger partial charge in [-0.15, -0.1) is 0 Å². The Balaban J connectivity index is 0.000000210. The summed E-state index contributed by atoms with van der Waals surface area (Å²) in [6.07, 6.45) is 5.26. The number of hydrogen-bond donors (Lipinski definition) is 0. The summed E-state index contributed by atoms with van der Waals surface area (Å²) in [5.74, 6) is -0.617. The van der Waals surface area contributed by atoms with Crippen LogP contribution in [0.25, 0.3) is 0 Å². The number of carbonyl (C=O) groups is 5. The molecule has 2 fully saturated rings. The third-order valence-electron chi connectivity index (χ3n) is 11.4. The standard InChI is InChI=1S/C28H25O2P.C20H27NO4.C10H17NO3/c1-23(28(29)30-22-24-14-6-2-7-15-24)31(25-16-8-3-9-17-25,26-18-10-4-11-19-26)27-20-12-5-13-21-27;1-15(18(22)24-14-16-9-6-5-7-10-16)13-17-11-8-12-21(17)19(23)25-20(2,3)4;1-10(2,3)14-9(13)11-6-4-5-8(11)7-12/h2-21H,22H2,1H3;5-7,9-10,13,17H,8,11-12,14H2,1-4H3;7-8H,4-6H2,1-3H3/b;15-13+;/t;17-;8-/m.00/s1. The highest BCUT2D eigenvalue weighted by atomic mass is 31.2. The number of rotatable bonds is 11. The van der Waals surface area contributed by atoms with E-state index < -0.39 is 18.1 Å². The van der Waals surface area contributed by atoms with E-state index in [9.17, 15) is 24.0 Å². The average molecular weight is 969 g/mol. The fourth-order valence-corrected chi connectivity index (χ4v) is 12.4. The first kappa shape index (κ1) is 54.2. The Morgan fingerprint density at radius 2 is 0.871 bits per heavy atom. The van der Waals surface area contributed by atoms with Crippen LogP contribution in [0.5, 0.6) is 0 Å². The van der Waals surface area contributed by atoms with Gasteiger partial charge in [0.1, 0.15) is 30.7 Å². The Morgan fingerprint density at radius 3 is 1.24 bits per heavy atom. The van der Waals surface area contributed by atoms with Gasteiger partial charge in [-0.25, -0.2) is 19.2 Å². The van der Waals surface area contributed by atoms with Gasteiger partial charge in [-0.05, 0) is 115 Å². The lowest BCUT2D eigenvalue weighted by Crippen LogP contribution is -2.40. The number of likely N-dealkylation sites (tertiary alicyclic amines) is 2. The summed E-state index contributed by atoms with van der Waals surface area (Å²) >= 11 is 0. The Morgan fingerprint density at radius 1 is 0.529 bits per heavy atom. The molecule has 11 nitrogen and oxygen atoms in total. The third-order valence-corrected chi connectivity index (χ3v) is 15.8. The molecule has 2 atom stereocenters. The molecule has 0 N–H and O–H groups in total. The highest BCUT2D eigenvalue weighted by Crippen LogP contribution is 2.46. The van der Waals surface area contributed by atoms with E-state index in [1.807, 2.05) is 170 Å². The predicted octanol–water partition coefficient (Wildman–Crippen LogP) is 10.6. The number of aldehydes is 1. The maximum Gasteiger partial charge on any atom is 0.410 e. The molecule has 2 saturated heterocycles. The number of esters is 2. The summed E-state index contributed by atoms with van der Waals surface area (Å²) in [5.41, 5.74) is 1.41. The predicted molar refractivity (Wildman–Crippen MR) is 280 cm³/mol. The molecule has 5 aromatic carbocycles. The van der Waals surface area contributed by atoms with Gasteiger partial charge in [0.15, 0.2) is 0 Å². The van der Waals surface area contributed by atoms with Crippen molar-refractivity contribution in [2.24, 2.45) is 0 Å². The lowest BCUT2D eigenvalue weighted by molar-refractivity contribution is -0.140. The van der Waals surface area contributed by atoms with Gasteiger partial charge in [-0.3, -0.25) is 4.90 Å². The van der Waals surface area contributed by atoms with Crippen LogP contribution in [-0.2, 0) is 46.5 Å². The second kappa shape index (κ2) is 25.8. The van der Waals surface area contributed by atoms with Gasteiger partial charge in [0, 0.05) is 24.0 Å². The number of amides is 2. The molecule has 70 heavy (non-hydrogen) atoms. The summed E-state index contributed by atoms with van der Waals surface area (Å²) in [6.45, 7) is 14.0. The van der Waals surface area contributed by atoms with Crippen LogP contribution in [0.2, 0.25) is 0 Å². The zero-order valence-corrected chi connectivity index (χ0v) is 42.8. The minimum atomic E-state index is -2.38. The first-order chi connectivity index (χ1) is 33.4. The van der Waals surface area contributed by atoms with Gasteiger partial charge >= 0.3 is 24.1 Å². The molecule has 0 bridgehead atoms. The maximum atomic E-state index is 13.5. The van der Waals surface area contributed by atoms with Crippen LogP contribution in [0.4, 0.5) is 9.59 Å². The van der Waals surface area contributed by atoms with Crippen molar-refractivity contribution in [3.05, 3.63) is 174 Å². The van der Waals surface area contributed by atoms with Crippen LogP contribution in [0.1, 0.15) is 92.2 Å². The number of ether oxygens (including phenoxy) is 4. The normalized spacial score (nSPS) is 15.8. The van der Waals surface area contributed by atoms with Crippen molar-refractivity contribution in [2.45, 2.75) is 118 Å². The first-order valence-corrected chi connectivity index (χ1v) is 25.7.